The van der Waals surface area contributed by atoms with Crippen molar-refractivity contribution in [3.8, 4) is 6.07 Å². The van der Waals surface area contributed by atoms with Crippen LogP contribution in [-0.4, -0.2) is 10.7 Å². The van der Waals surface area contributed by atoms with Gasteiger partial charge in [0.15, 0.2) is 0 Å². The third-order valence-electron chi connectivity index (χ3n) is 6.10. The van der Waals surface area contributed by atoms with Gasteiger partial charge in [0, 0.05) is 0 Å². The highest BCUT2D eigenvalue weighted by Gasteiger charge is 2.51. The van der Waals surface area contributed by atoms with Gasteiger partial charge in [-0.1, -0.05) is 39.5 Å². The molecule has 0 radical (unpaired) electrons. The number of aliphatic hydroxyl groups is 1. The summed E-state index contributed by atoms with van der Waals surface area (Å²) in [6, 6.07) is 2.57. The summed E-state index contributed by atoms with van der Waals surface area (Å²) in [7, 11) is 0. The molecule has 0 aromatic carbocycles. The molecule has 114 valence electrons. The molecular formula is C18H31NO. The molecular weight excluding hydrogens is 246 g/mol. The molecule has 2 nitrogen and oxygen atoms in total. The van der Waals surface area contributed by atoms with Gasteiger partial charge < -0.3 is 5.11 Å². The Bertz CT molecular complexity index is 351. The van der Waals surface area contributed by atoms with E-state index in [1.807, 2.05) is 0 Å². The van der Waals surface area contributed by atoms with Crippen molar-refractivity contribution < 1.29 is 5.11 Å². The van der Waals surface area contributed by atoms with E-state index >= 15 is 0 Å². The smallest absolute Gasteiger partial charge is 0.0860 e. The van der Waals surface area contributed by atoms with E-state index in [2.05, 4.69) is 19.9 Å². The monoisotopic (exact) mass is 277 g/mol. The Balaban J connectivity index is 2.10. The van der Waals surface area contributed by atoms with Crippen molar-refractivity contribution in [3.63, 3.8) is 0 Å². The van der Waals surface area contributed by atoms with Crippen molar-refractivity contribution in [1.82, 2.24) is 0 Å². The van der Waals surface area contributed by atoms with Crippen molar-refractivity contribution >= 4 is 0 Å². The highest BCUT2D eigenvalue weighted by Crippen LogP contribution is 2.51. The second-order valence-corrected chi connectivity index (χ2v) is 7.49. The third-order valence-corrected chi connectivity index (χ3v) is 6.10. The van der Waals surface area contributed by atoms with E-state index in [9.17, 15) is 10.4 Å². The Morgan fingerprint density at radius 2 is 1.80 bits per heavy atom. The summed E-state index contributed by atoms with van der Waals surface area (Å²) in [6.07, 6.45) is 11.7. The first-order valence-electron chi connectivity index (χ1n) is 8.69. The van der Waals surface area contributed by atoms with E-state index < -0.39 is 11.0 Å². The minimum Gasteiger partial charge on any atom is -0.388 e. The Morgan fingerprint density at radius 3 is 2.40 bits per heavy atom. The van der Waals surface area contributed by atoms with Gasteiger partial charge in [0.1, 0.15) is 0 Å². The predicted octanol–water partition coefficient (Wildman–Crippen LogP) is 4.82. The van der Waals surface area contributed by atoms with E-state index in [-0.39, 0.29) is 0 Å². The van der Waals surface area contributed by atoms with Crippen molar-refractivity contribution in [2.75, 3.05) is 0 Å². The normalized spacial score (nSPS) is 42.7. The van der Waals surface area contributed by atoms with Crippen molar-refractivity contribution in [2.24, 2.45) is 17.3 Å². The minimum atomic E-state index is -0.718. The van der Waals surface area contributed by atoms with E-state index in [1.54, 1.807) is 0 Å². The van der Waals surface area contributed by atoms with Gasteiger partial charge in [-0.25, -0.2) is 0 Å². The Hall–Kier alpha value is -0.550. The van der Waals surface area contributed by atoms with E-state index in [0.29, 0.717) is 0 Å². The summed E-state index contributed by atoms with van der Waals surface area (Å²) >= 11 is 0. The molecule has 2 atom stereocenters. The molecule has 0 spiro atoms. The maximum absolute atomic E-state index is 11.3. The molecule has 2 aliphatic rings. The van der Waals surface area contributed by atoms with E-state index in [4.69, 9.17) is 0 Å². The number of hydrogen-bond donors (Lipinski definition) is 1. The fourth-order valence-corrected chi connectivity index (χ4v) is 4.51. The Morgan fingerprint density at radius 1 is 1.10 bits per heavy atom. The van der Waals surface area contributed by atoms with E-state index in [1.165, 1.54) is 19.3 Å². The molecule has 2 fully saturated rings. The topological polar surface area (TPSA) is 44.0 Å². The number of hydrogen-bond acceptors (Lipinski definition) is 2. The number of nitrogens with zero attached hydrogens (tertiary/aromatic N) is 1. The highest BCUT2D eigenvalue weighted by molar-refractivity contribution is 5.13. The van der Waals surface area contributed by atoms with Crippen LogP contribution in [0.15, 0.2) is 0 Å². The van der Waals surface area contributed by atoms with Crippen LogP contribution in [0.2, 0.25) is 0 Å². The largest absolute Gasteiger partial charge is 0.388 e. The van der Waals surface area contributed by atoms with Crippen LogP contribution in [0.3, 0.4) is 0 Å². The highest BCUT2D eigenvalue weighted by atomic mass is 16.3. The van der Waals surface area contributed by atoms with Crippen LogP contribution in [0, 0.1) is 28.6 Å². The number of rotatable bonds is 3. The van der Waals surface area contributed by atoms with Gasteiger partial charge in [-0.2, -0.15) is 5.26 Å². The van der Waals surface area contributed by atoms with E-state index in [0.717, 1.165) is 63.2 Å². The molecule has 0 aromatic heterocycles. The van der Waals surface area contributed by atoms with Crippen molar-refractivity contribution in [2.45, 2.75) is 90.1 Å². The molecule has 2 heteroatoms. The minimum absolute atomic E-state index is 0.458. The molecule has 1 N–H and O–H groups in total. The van der Waals surface area contributed by atoms with Crippen LogP contribution in [-0.2, 0) is 0 Å². The molecule has 2 saturated carbocycles. The quantitative estimate of drug-likeness (QED) is 0.752. The molecule has 2 aliphatic carbocycles. The van der Waals surface area contributed by atoms with Gasteiger partial charge in [0.05, 0.1) is 17.1 Å². The third kappa shape index (κ3) is 3.03. The fourth-order valence-electron chi connectivity index (χ4n) is 4.51. The maximum Gasteiger partial charge on any atom is 0.0860 e. The van der Waals surface area contributed by atoms with Crippen LogP contribution in [0.5, 0.6) is 0 Å². The van der Waals surface area contributed by atoms with Gasteiger partial charge in [-0.3, -0.25) is 0 Å². The summed E-state index contributed by atoms with van der Waals surface area (Å²) < 4.78 is 0. The molecule has 0 bridgehead atoms. The molecule has 0 heterocycles. The molecule has 0 aliphatic heterocycles. The second-order valence-electron chi connectivity index (χ2n) is 7.49. The van der Waals surface area contributed by atoms with Crippen molar-refractivity contribution in [3.05, 3.63) is 0 Å². The van der Waals surface area contributed by atoms with Crippen LogP contribution < -0.4 is 0 Å². The van der Waals surface area contributed by atoms with Crippen LogP contribution in [0.25, 0.3) is 0 Å². The Kier molecular flexibility index (Phi) is 5.13. The summed E-state index contributed by atoms with van der Waals surface area (Å²) in [5.41, 5.74) is -1.18. The van der Waals surface area contributed by atoms with Gasteiger partial charge in [0.25, 0.3) is 0 Å². The summed E-state index contributed by atoms with van der Waals surface area (Å²) in [4.78, 5) is 0. The molecule has 0 aromatic rings. The van der Waals surface area contributed by atoms with Crippen LogP contribution in [0.1, 0.15) is 84.5 Å². The zero-order valence-electron chi connectivity index (χ0n) is 13.3. The van der Waals surface area contributed by atoms with Crippen LogP contribution >= 0.6 is 0 Å². The lowest BCUT2D eigenvalue weighted by molar-refractivity contribution is -0.0883. The van der Waals surface area contributed by atoms with Crippen LogP contribution in [0.4, 0.5) is 0 Å². The number of nitriles is 1. The molecule has 20 heavy (non-hydrogen) atoms. The summed E-state index contributed by atoms with van der Waals surface area (Å²) in [5.74, 6) is 1.49. The first-order valence-corrected chi connectivity index (χ1v) is 8.69. The molecule has 0 amide bonds. The lowest BCUT2D eigenvalue weighted by atomic mass is 9.60. The first-order chi connectivity index (χ1) is 9.55. The predicted molar refractivity (Wildman–Crippen MR) is 82.1 cm³/mol. The molecule has 0 saturated heterocycles. The molecule has 2 rings (SSSR count). The summed E-state index contributed by atoms with van der Waals surface area (Å²) in [5, 5.41) is 21.1. The zero-order chi connectivity index (χ0) is 14.6. The van der Waals surface area contributed by atoms with Gasteiger partial charge in [0.2, 0.25) is 0 Å². The Labute approximate surface area is 124 Å². The fraction of sp³-hybridized carbons (Fsp3) is 0.944. The lowest BCUT2D eigenvalue weighted by Crippen LogP contribution is -2.49. The maximum atomic E-state index is 11.3. The van der Waals surface area contributed by atoms with Gasteiger partial charge in [-0.05, 0) is 56.8 Å². The molecule has 2 unspecified atom stereocenters. The van der Waals surface area contributed by atoms with Gasteiger partial charge in [-0.15, -0.1) is 0 Å². The summed E-state index contributed by atoms with van der Waals surface area (Å²) in [6.45, 7) is 4.52. The average Bonchev–Trinajstić information content (AvgIpc) is 2.64. The lowest BCUT2D eigenvalue weighted by Gasteiger charge is -2.46. The van der Waals surface area contributed by atoms with Gasteiger partial charge >= 0.3 is 0 Å². The second kappa shape index (κ2) is 6.48. The standard InChI is InChI=1S/C18H31NO/c1-3-5-16-6-4-10-18(20,13-9-16)17(14-19)11-7-15(2)8-12-17/h15-16,20H,3-13H2,1-2H3. The van der Waals surface area contributed by atoms with Crippen molar-refractivity contribution in [1.29, 1.82) is 5.26 Å². The zero-order valence-corrected chi connectivity index (χ0v) is 13.3. The average molecular weight is 277 g/mol. The first kappa shape index (κ1) is 15.8. The SMILES string of the molecule is CCCC1CCCC(O)(C2(C#N)CCC(C)CC2)CC1.